The van der Waals surface area contributed by atoms with E-state index in [9.17, 15) is 0 Å². The minimum atomic E-state index is 1.00. The molecule has 1 aliphatic rings. The number of aromatic nitrogens is 1. The lowest BCUT2D eigenvalue weighted by Crippen LogP contribution is -2.14. The van der Waals surface area contributed by atoms with Crippen LogP contribution >= 0.6 is 0 Å². The molecule has 2 heterocycles. The summed E-state index contributed by atoms with van der Waals surface area (Å²) >= 11 is 0. The molecule has 0 unspecified atom stereocenters. The summed E-state index contributed by atoms with van der Waals surface area (Å²) in [6.07, 6.45) is 3.76. The normalized spacial score (nSPS) is 13.9. The minimum absolute atomic E-state index is 1.00. The second kappa shape index (κ2) is 3.88. The molecule has 2 nitrogen and oxygen atoms in total. The topological polar surface area (TPSA) is 16.1 Å². The van der Waals surface area contributed by atoms with E-state index in [1.54, 1.807) is 0 Å². The molecule has 17 heavy (non-hydrogen) atoms. The third-order valence-electron chi connectivity index (χ3n) is 3.55. The Morgan fingerprint density at radius 1 is 1.06 bits per heavy atom. The quantitative estimate of drug-likeness (QED) is 0.739. The first-order valence-electron chi connectivity index (χ1n) is 5.98. The Morgan fingerprint density at radius 3 is 2.24 bits per heavy atom. The van der Waals surface area contributed by atoms with Crippen molar-refractivity contribution >= 4 is 5.69 Å². The number of anilines is 1. The summed E-state index contributed by atoms with van der Waals surface area (Å²) in [6, 6.07) is 8.76. The van der Waals surface area contributed by atoms with E-state index in [1.165, 1.54) is 27.9 Å². The van der Waals surface area contributed by atoms with E-state index < -0.39 is 0 Å². The van der Waals surface area contributed by atoms with Crippen LogP contribution in [0, 0.1) is 13.8 Å². The van der Waals surface area contributed by atoms with E-state index in [1.807, 2.05) is 18.5 Å². The average Bonchev–Trinajstić information content (AvgIpc) is 2.74. The van der Waals surface area contributed by atoms with E-state index in [2.05, 4.69) is 41.9 Å². The van der Waals surface area contributed by atoms with Crippen molar-refractivity contribution in [2.45, 2.75) is 26.9 Å². The van der Waals surface area contributed by atoms with Gasteiger partial charge in [-0.05, 0) is 48.2 Å². The van der Waals surface area contributed by atoms with Gasteiger partial charge in [-0.1, -0.05) is 12.1 Å². The molecule has 0 spiro atoms. The van der Waals surface area contributed by atoms with Gasteiger partial charge in [0.2, 0.25) is 0 Å². The standard InChI is InChI=1S/C15H16N2/c1-11-6-13-9-17(10-14(13)7-12(11)2)15-4-3-5-16-8-15/h3-8H,9-10H2,1-2H3. The van der Waals surface area contributed by atoms with Crippen molar-refractivity contribution in [2.24, 2.45) is 0 Å². The van der Waals surface area contributed by atoms with E-state index in [4.69, 9.17) is 0 Å². The van der Waals surface area contributed by atoms with Gasteiger partial charge in [-0.15, -0.1) is 0 Å². The minimum Gasteiger partial charge on any atom is -0.362 e. The van der Waals surface area contributed by atoms with Gasteiger partial charge in [-0.25, -0.2) is 0 Å². The fraction of sp³-hybridized carbons (Fsp3) is 0.267. The first kappa shape index (κ1) is 10.3. The molecule has 0 N–H and O–H groups in total. The molecule has 2 aromatic rings. The predicted octanol–water partition coefficient (Wildman–Crippen LogP) is 3.22. The fourth-order valence-electron chi connectivity index (χ4n) is 2.42. The zero-order valence-electron chi connectivity index (χ0n) is 10.3. The Labute approximate surface area is 102 Å². The van der Waals surface area contributed by atoms with Crippen LogP contribution in [0.3, 0.4) is 0 Å². The van der Waals surface area contributed by atoms with Crippen molar-refractivity contribution in [3.63, 3.8) is 0 Å². The van der Waals surface area contributed by atoms with Gasteiger partial charge in [-0.2, -0.15) is 0 Å². The smallest absolute Gasteiger partial charge is 0.0558 e. The summed E-state index contributed by atoms with van der Waals surface area (Å²) in [5, 5.41) is 0. The average molecular weight is 224 g/mol. The lowest BCUT2D eigenvalue weighted by molar-refractivity contribution is 0.876. The van der Waals surface area contributed by atoms with Gasteiger partial charge in [0.1, 0.15) is 0 Å². The molecular formula is C15H16N2. The zero-order chi connectivity index (χ0) is 11.8. The van der Waals surface area contributed by atoms with E-state index in [0.717, 1.165) is 13.1 Å². The summed E-state index contributed by atoms with van der Waals surface area (Å²) in [7, 11) is 0. The lowest BCUT2D eigenvalue weighted by Gasteiger charge is -2.16. The Balaban J connectivity index is 1.93. The van der Waals surface area contributed by atoms with Crippen LogP contribution in [0.1, 0.15) is 22.3 Å². The fourth-order valence-corrected chi connectivity index (χ4v) is 2.42. The number of hydrogen-bond donors (Lipinski definition) is 0. The molecule has 0 atom stereocenters. The summed E-state index contributed by atoms with van der Waals surface area (Å²) in [5.74, 6) is 0. The summed E-state index contributed by atoms with van der Waals surface area (Å²) in [6.45, 7) is 6.37. The second-order valence-electron chi connectivity index (χ2n) is 4.77. The van der Waals surface area contributed by atoms with Gasteiger partial charge in [0, 0.05) is 19.3 Å². The highest BCUT2D eigenvalue weighted by Crippen LogP contribution is 2.29. The molecule has 0 bridgehead atoms. The summed E-state index contributed by atoms with van der Waals surface area (Å²) in [5.41, 5.74) is 6.89. The Hall–Kier alpha value is -1.83. The van der Waals surface area contributed by atoms with Crippen LogP contribution in [-0.4, -0.2) is 4.98 Å². The molecular weight excluding hydrogens is 208 g/mol. The van der Waals surface area contributed by atoms with E-state index >= 15 is 0 Å². The predicted molar refractivity (Wildman–Crippen MR) is 70.0 cm³/mol. The number of aryl methyl sites for hydroxylation is 2. The zero-order valence-corrected chi connectivity index (χ0v) is 10.3. The molecule has 0 saturated carbocycles. The number of hydrogen-bond acceptors (Lipinski definition) is 2. The molecule has 1 aromatic carbocycles. The Kier molecular flexibility index (Phi) is 2.36. The highest BCUT2D eigenvalue weighted by molar-refractivity contribution is 5.52. The van der Waals surface area contributed by atoms with Crippen LogP contribution in [0.25, 0.3) is 0 Å². The summed E-state index contributed by atoms with van der Waals surface area (Å²) in [4.78, 5) is 6.56. The molecule has 0 radical (unpaired) electrons. The van der Waals surface area contributed by atoms with Gasteiger partial charge < -0.3 is 4.90 Å². The molecule has 86 valence electrons. The van der Waals surface area contributed by atoms with Crippen molar-refractivity contribution in [3.8, 4) is 0 Å². The van der Waals surface area contributed by atoms with Crippen LogP contribution in [0.2, 0.25) is 0 Å². The lowest BCUT2D eigenvalue weighted by atomic mass is 10.0. The van der Waals surface area contributed by atoms with Crippen molar-refractivity contribution in [1.29, 1.82) is 0 Å². The Morgan fingerprint density at radius 2 is 1.71 bits per heavy atom. The van der Waals surface area contributed by atoms with Crippen molar-refractivity contribution in [3.05, 3.63) is 58.9 Å². The van der Waals surface area contributed by atoms with Gasteiger partial charge >= 0.3 is 0 Å². The van der Waals surface area contributed by atoms with Crippen molar-refractivity contribution in [1.82, 2.24) is 4.98 Å². The maximum absolute atomic E-state index is 4.19. The molecule has 0 aliphatic carbocycles. The van der Waals surface area contributed by atoms with Crippen LogP contribution in [0.5, 0.6) is 0 Å². The Bertz CT molecular complexity index is 515. The van der Waals surface area contributed by atoms with Gasteiger partial charge in [-0.3, -0.25) is 4.98 Å². The van der Waals surface area contributed by atoms with Crippen LogP contribution in [-0.2, 0) is 13.1 Å². The number of rotatable bonds is 1. The molecule has 0 amide bonds. The highest BCUT2D eigenvalue weighted by Gasteiger charge is 2.19. The first-order chi connectivity index (χ1) is 8.24. The number of benzene rings is 1. The molecule has 1 aromatic heterocycles. The third-order valence-corrected chi connectivity index (χ3v) is 3.55. The maximum Gasteiger partial charge on any atom is 0.0558 e. The van der Waals surface area contributed by atoms with E-state index in [0.29, 0.717) is 0 Å². The maximum atomic E-state index is 4.19. The largest absolute Gasteiger partial charge is 0.362 e. The van der Waals surface area contributed by atoms with Gasteiger partial charge in [0.05, 0.1) is 11.9 Å². The molecule has 0 saturated heterocycles. The summed E-state index contributed by atoms with van der Waals surface area (Å²) < 4.78 is 0. The van der Waals surface area contributed by atoms with E-state index in [-0.39, 0.29) is 0 Å². The molecule has 3 rings (SSSR count). The SMILES string of the molecule is Cc1cc2c(cc1C)CN(c1cccnc1)C2. The number of nitrogens with zero attached hydrogens (tertiary/aromatic N) is 2. The first-order valence-corrected chi connectivity index (χ1v) is 5.98. The van der Waals surface area contributed by atoms with Crippen LogP contribution in [0.4, 0.5) is 5.69 Å². The highest BCUT2D eigenvalue weighted by atomic mass is 15.1. The van der Waals surface area contributed by atoms with Crippen LogP contribution in [0.15, 0.2) is 36.7 Å². The molecule has 2 heteroatoms. The van der Waals surface area contributed by atoms with Gasteiger partial charge in [0.25, 0.3) is 0 Å². The van der Waals surface area contributed by atoms with Crippen molar-refractivity contribution in [2.75, 3.05) is 4.90 Å². The number of pyridine rings is 1. The molecule has 0 fully saturated rings. The second-order valence-corrected chi connectivity index (χ2v) is 4.77. The van der Waals surface area contributed by atoms with Gasteiger partial charge in [0.15, 0.2) is 0 Å². The monoisotopic (exact) mass is 224 g/mol. The van der Waals surface area contributed by atoms with Crippen LogP contribution < -0.4 is 4.90 Å². The third kappa shape index (κ3) is 1.80. The molecule has 1 aliphatic heterocycles. The number of fused-ring (bicyclic) bond motifs is 1. The van der Waals surface area contributed by atoms with Crippen molar-refractivity contribution < 1.29 is 0 Å².